The van der Waals surface area contributed by atoms with Crippen LogP contribution in [-0.4, -0.2) is 16.9 Å². The summed E-state index contributed by atoms with van der Waals surface area (Å²) in [6, 6.07) is 12.4. The highest BCUT2D eigenvalue weighted by atomic mass is 16.1. The molecule has 120 valence electrons. The molecule has 0 aliphatic heterocycles. The molecule has 2 aromatic rings. The van der Waals surface area contributed by atoms with Gasteiger partial charge in [0, 0.05) is 6.04 Å². The molecule has 2 N–H and O–H groups in total. The normalized spacial score (nSPS) is 14.7. The van der Waals surface area contributed by atoms with Crippen molar-refractivity contribution < 1.29 is 4.79 Å². The van der Waals surface area contributed by atoms with Crippen LogP contribution in [0.1, 0.15) is 36.8 Å². The lowest BCUT2D eigenvalue weighted by molar-refractivity contribution is -0.115. The molecule has 23 heavy (non-hydrogen) atoms. The first kappa shape index (κ1) is 15.5. The summed E-state index contributed by atoms with van der Waals surface area (Å²) in [6.07, 6.45) is 7.12. The fraction of sp³-hybridized carbons (Fsp3) is 0.368. The Morgan fingerprint density at radius 3 is 2.74 bits per heavy atom. The molecular formula is C19H23N3O. The Morgan fingerprint density at radius 2 is 2.04 bits per heavy atom. The molecule has 0 spiro atoms. The predicted octanol–water partition coefficient (Wildman–Crippen LogP) is 3.93. The second kappa shape index (κ2) is 7.27. The molecule has 0 bridgehead atoms. The van der Waals surface area contributed by atoms with E-state index in [1.165, 1.54) is 31.2 Å². The van der Waals surface area contributed by atoms with Gasteiger partial charge < -0.3 is 10.6 Å². The standard InChI is InChI=1S/C19H23N3O/c1-14-5-4-6-15(11-14)12-19(23)22-17-9-10-18(20-13-17)21-16-7-2-3-8-16/h4-6,9-11,13,16H,2-3,7-8,12H2,1H3,(H,20,21)(H,22,23). The van der Waals surface area contributed by atoms with E-state index in [2.05, 4.69) is 15.6 Å². The van der Waals surface area contributed by atoms with E-state index in [0.29, 0.717) is 12.5 Å². The number of rotatable bonds is 5. The Labute approximate surface area is 137 Å². The zero-order chi connectivity index (χ0) is 16.1. The summed E-state index contributed by atoms with van der Waals surface area (Å²) in [4.78, 5) is 16.5. The van der Waals surface area contributed by atoms with E-state index < -0.39 is 0 Å². The van der Waals surface area contributed by atoms with Crippen LogP contribution in [0.3, 0.4) is 0 Å². The van der Waals surface area contributed by atoms with Crippen LogP contribution in [0.2, 0.25) is 0 Å². The van der Waals surface area contributed by atoms with E-state index in [-0.39, 0.29) is 5.91 Å². The van der Waals surface area contributed by atoms with E-state index in [4.69, 9.17) is 0 Å². The molecule has 1 heterocycles. The molecule has 0 unspecified atom stereocenters. The average molecular weight is 309 g/mol. The van der Waals surface area contributed by atoms with Crippen LogP contribution in [0, 0.1) is 6.92 Å². The first-order valence-corrected chi connectivity index (χ1v) is 8.27. The van der Waals surface area contributed by atoms with Crippen LogP contribution in [0.25, 0.3) is 0 Å². The number of amides is 1. The van der Waals surface area contributed by atoms with Gasteiger partial charge in [-0.05, 0) is 37.5 Å². The first-order chi connectivity index (χ1) is 11.2. The van der Waals surface area contributed by atoms with E-state index >= 15 is 0 Å². The molecule has 1 aliphatic carbocycles. The van der Waals surface area contributed by atoms with Gasteiger partial charge >= 0.3 is 0 Å². The summed E-state index contributed by atoms with van der Waals surface area (Å²) in [7, 11) is 0. The minimum absolute atomic E-state index is 0.0195. The fourth-order valence-corrected chi connectivity index (χ4v) is 3.05. The van der Waals surface area contributed by atoms with Gasteiger partial charge in [0.1, 0.15) is 5.82 Å². The number of aryl methyl sites for hydroxylation is 1. The topological polar surface area (TPSA) is 54.0 Å². The quantitative estimate of drug-likeness (QED) is 0.880. The molecule has 0 saturated heterocycles. The van der Waals surface area contributed by atoms with E-state index in [1.807, 2.05) is 43.3 Å². The van der Waals surface area contributed by atoms with Crippen molar-refractivity contribution in [2.24, 2.45) is 0 Å². The summed E-state index contributed by atoms with van der Waals surface area (Å²) in [6.45, 7) is 2.03. The molecule has 3 rings (SSSR count). The number of hydrogen-bond donors (Lipinski definition) is 2. The molecule has 1 saturated carbocycles. The van der Waals surface area contributed by atoms with Crippen molar-refractivity contribution in [3.05, 3.63) is 53.7 Å². The summed E-state index contributed by atoms with van der Waals surface area (Å²) >= 11 is 0. The van der Waals surface area contributed by atoms with Crippen LogP contribution in [0.5, 0.6) is 0 Å². The highest BCUT2D eigenvalue weighted by Gasteiger charge is 2.14. The molecule has 0 atom stereocenters. The highest BCUT2D eigenvalue weighted by Crippen LogP contribution is 2.21. The van der Waals surface area contributed by atoms with Gasteiger partial charge in [-0.2, -0.15) is 0 Å². The number of anilines is 2. The largest absolute Gasteiger partial charge is 0.367 e. The lowest BCUT2D eigenvalue weighted by Crippen LogP contribution is -2.16. The SMILES string of the molecule is Cc1cccc(CC(=O)Nc2ccc(NC3CCCC3)nc2)c1. The number of carbonyl (C=O) groups excluding carboxylic acids is 1. The molecule has 0 radical (unpaired) electrons. The third kappa shape index (κ3) is 4.55. The number of nitrogens with zero attached hydrogens (tertiary/aromatic N) is 1. The molecule has 4 heteroatoms. The number of aromatic nitrogens is 1. The summed E-state index contributed by atoms with van der Waals surface area (Å²) in [5.74, 6) is 0.863. The minimum atomic E-state index is -0.0195. The van der Waals surface area contributed by atoms with Gasteiger partial charge in [0.15, 0.2) is 0 Å². The van der Waals surface area contributed by atoms with Crippen LogP contribution in [0.15, 0.2) is 42.6 Å². The van der Waals surface area contributed by atoms with Crippen molar-refractivity contribution in [2.75, 3.05) is 10.6 Å². The maximum atomic E-state index is 12.1. The van der Waals surface area contributed by atoms with Crippen LogP contribution in [-0.2, 0) is 11.2 Å². The fourth-order valence-electron chi connectivity index (χ4n) is 3.05. The van der Waals surface area contributed by atoms with Gasteiger partial charge in [0.05, 0.1) is 18.3 Å². The third-order valence-corrected chi connectivity index (χ3v) is 4.20. The molecule has 1 amide bonds. The Morgan fingerprint density at radius 1 is 1.22 bits per heavy atom. The van der Waals surface area contributed by atoms with Gasteiger partial charge in [0.25, 0.3) is 0 Å². The van der Waals surface area contributed by atoms with Crippen molar-refractivity contribution >= 4 is 17.4 Å². The Hall–Kier alpha value is -2.36. The molecule has 4 nitrogen and oxygen atoms in total. The third-order valence-electron chi connectivity index (χ3n) is 4.20. The molecule has 1 aromatic heterocycles. The first-order valence-electron chi connectivity index (χ1n) is 8.27. The van der Waals surface area contributed by atoms with Crippen LogP contribution < -0.4 is 10.6 Å². The van der Waals surface area contributed by atoms with Crippen molar-refractivity contribution in [2.45, 2.75) is 45.1 Å². The van der Waals surface area contributed by atoms with Crippen LogP contribution >= 0.6 is 0 Å². The number of carbonyl (C=O) groups is 1. The van der Waals surface area contributed by atoms with E-state index in [0.717, 1.165) is 17.1 Å². The summed E-state index contributed by atoms with van der Waals surface area (Å²) in [5.41, 5.74) is 2.92. The maximum absolute atomic E-state index is 12.1. The molecule has 1 fully saturated rings. The zero-order valence-electron chi connectivity index (χ0n) is 13.5. The lowest BCUT2D eigenvalue weighted by Gasteiger charge is -2.13. The smallest absolute Gasteiger partial charge is 0.228 e. The van der Waals surface area contributed by atoms with E-state index in [1.54, 1.807) is 6.20 Å². The molecule has 1 aromatic carbocycles. The monoisotopic (exact) mass is 309 g/mol. The Kier molecular flexibility index (Phi) is 4.91. The predicted molar refractivity (Wildman–Crippen MR) is 93.6 cm³/mol. The summed E-state index contributed by atoms with van der Waals surface area (Å²) < 4.78 is 0. The second-order valence-electron chi connectivity index (χ2n) is 6.27. The van der Waals surface area contributed by atoms with Gasteiger partial charge in [-0.1, -0.05) is 42.7 Å². The second-order valence-corrected chi connectivity index (χ2v) is 6.27. The van der Waals surface area contributed by atoms with Crippen molar-refractivity contribution in [1.82, 2.24) is 4.98 Å². The number of pyridine rings is 1. The maximum Gasteiger partial charge on any atom is 0.228 e. The summed E-state index contributed by atoms with van der Waals surface area (Å²) in [5, 5.41) is 6.35. The Balaban J connectivity index is 1.54. The number of benzene rings is 1. The molecule has 1 aliphatic rings. The molecular weight excluding hydrogens is 286 g/mol. The average Bonchev–Trinajstić information content (AvgIpc) is 3.02. The van der Waals surface area contributed by atoms with Gasteiger partial charge in [-0.3, -0.25) is 4.79 Å². The lowest BCUT2D eigenvalue weighted by atomic mass is 10.1. The van der Waals surface area contributed by atoms with E-state index in [9.17, 15) is 4.79 Å². The Bertz CT molecular complexity index is 661. The highest BCUT2D eigenvalue weighted by molar-refractivity contribution is 5.92. The zero-order valence-corrected chi connectivity index (χ0v) is 13.5. The number of nitrogens with one attached hydrogen (secondary N) is 2. The van der Waals surface area contributed by atoms with Gasteiger partial charge in [0.2, 0.25) is 5.91 Å². The van der Waals surface area contributed by atoms with Gasteiger partial charge in [-0.25, -0.2) is 4.98 Å². The minimum Gasteiger partial charge on any atom is -0.367 e. The van der Waals surface area contributed by atoms with Crippen molar-refractivity contribution in [1.29, 1.82) is 0 Å². The number of hydrogen-bond acceptors (Lipinski definition) is 3. The van der Waals surface area contributed by atoms with Crippen molar-refractivity contribution in [3.8, 4) is 0 Å². The van der Waals surface area contributed by atoms with Crippen LogP contribution in [0.4, 0.5) is 11.5 Å². The van der Waals surface area contributed by atoms with Crippen molar-refractivity contribution in [3.63, 3.8) is 0 Å². The van der Waals surface area contributed by atoms with Gasteiger partial charge in [-0.15, -0.1) is 0 Å².